The molecule has 2 rings (SSSR count). The highest BCUT2D eigenvalue weighted by molar-refractivity contribution is 6.33. The van der Waals surface area contributed by atoms with Crippen molar-refractivity contribution in [2.75, 3.05) is 11.9 Å². The zero-order valence-electron chi connectivity index (χ0n) is 17.1. The molecule has 0 aliphatic rings. The monoisotopic (exact) mass is 430 g/mol. The predicted molar refractivity (Wildman–Crippen MR) is 105 cm³/mol. The lowest BCUT2D eigenvalue weighted by Gasteiger charge is -2.20. The number of hydrogen-bond acceptors (Lipinski definition) is 6. The molecule has 0 saturated heterocycles. The summed E-state index contributed by atoms with van der Waals surface area (Å²) < 4.78 is 32.4. The Morgan fingerprint density at radius 3 is 2.41 bits per heavy atom. The normalized spacial score (nSPS) is 10.9. The predicted octanol–water partition coefficient (Wildman–Crippen LogP) is 4.66. The van der Waals surface area contributed by atoms with Gasteiger partial charge in [0.05, 0.1) is 22.0 Å². The van der Waals surface area contributed by atoms with E-state index in [0.29, 0.717) is 47.3 Å². The molecule has 0 saturated carbocycles. The van der Waals surface area contributed by atoms with Crippen molar-refractivity contribution in [1.82, 2.24) is 14.8 Å². The lowest BCUT2D eigenvalue weighted by molar-refractivity contribution is -0.191. The minimum absolute atomic E-state index is 0.0181. The van der Waals surface area contributed by atoms with E-state index in [-0.39, 0.29) is 17.3 Å². The highest BCUT2D eigenvalue weighted by Crippen LogP contribution is 2.38. The summed E-state index contributed by atoms with van der Waals surface area (Å²) in [6, 6.07) is 1.47. The van der Waals surface area contributed by atoms with Crippen molar-refractivity contribution in [3.05, 3.63) is 23.0 Å². The van der Waals surface area contributed by atoms with Crippen LogP contribution in [0.25, 0.3) is 11.3 Å². The number of pyridine rings is 1. The molecule has 2 aromatic rings. The number of rotatable bonds is 7. The number of nitrogens with one attached hydrogen (secondary N) is 1. The van der Waals surface area contributed by atoms with Crippen LogP contribution in [0.4, 0.5) is 14.6 Å². The molecule has 2 aromatic heterocycles. The van der Waals surface area contributed by atoms with E-state index in [1.54, 1.807) is 4.68 Å². The number of alkyl halides is 2. The molecule has 1 N–H and O–H groups in total. The first-order chi connectivity index (χ1) is 13.6. The Morgan fingerprint density at radius 2 is 1.93 bits per heavy atom. The van der Waals surface area contributed by atoms with Gasteiger partial charge in [0.1, 0.15) is 11.6 Å². The second-order valence-corrected chi connectivity index (χ2v) is 7.60. The summed E-state index contributed by atoms with van der Waals surface area (Å²) in [5.41, 5.74) is 1.66. The third-order valence-electron chi connectivity index (χ3n) is 3.73. The van der Waals surface area contributed by atoms with Gasteiger partial charge in [-0.25, -0.2) is 4.98 Å². The van der Waals surface area contributed by atoms with Crippen molar-refractivity contribution < 1.29 is 23.1 Å². The molecule has 0 unspecified atom stereocenters. The zero-order chi connectivity index (χ0) is 22.2. The zero-order valence-corrected chi connectivity index (χ0v) is 17.8. The standard InChI is InChI=1S/C18H25ClF2N4O.CO2/c1-6-12-15(19)16(25(7-2)24-12)11-9-22-14(23-10-18(3,4)5)8-13(11)26-17(20)21;2-1-3/h8-9,17H,6-7,10H2,1-5H3,(H,22,23);. The van der Waals surface area contributed by atoms with E-state index in [9.17, 15) is 8.78 Å². The molecule has 0 fully saturated rings. The van der Waals surface area contributed by atoms with Crippen LogP contribution in [0, 0.1) is 5.41 Å². The highest BCUT2D eigenvalue weighted by atomic mass is 35.5. The van der Waals surface area contributed by atoms with E-state index in [0.717, 1.165) is 0 Å². The Bertz CT molecular complexity index is 845. The van der Waals surface area contributed by atoms with Gasteiger partial charge in [-0.05, 0) is 18.8 Å². The average molecular weight is 431 g/mol. The van der Waals surface area contributed by atoms with Crippen LogP contribution in [0.1, 0.15) is 40.3 Å². The largest absolute Gasteiger partial charge is 0.434 e. The van der Waals surface area contributed by atoms with Gasteiger partial charge in [-0.15, -0.1) is 0 Å². The molecule has 10 heteroatoms. The minimum atomic E-state index is -2.95. The Labute approximate surface area is 173 Å². The van der Waals surface area contributed by atoms with Gasteiger partial charge in [-0.3, -0.25) is 4.68 Å². The van der Waals surface area contributed by atoms with Crippen LogP contribution in [-0.4, -0.2) is 34.1 Å². The Kier molecular flexibility index (Phi) is 9.20. The second-order valence-electron chi connectivity index (χ2n) is 7.22. The quantitative estimate of drug-likeness (QED) is 0.687. The van der Waals surface area contributed by atoms with Crippen LogP contribution >= 0.6 is 11.6 Å². The second kappa shape index (κ2) is 10.9. The number of hydrogen-bond donors (Lipinski definition) is 1. The molecule has 2 heterocycles. The van der Waals surface area contributed by atoms with Crippen molar-refractivity contribution in [2.24, 2.45) is 5.41 Å². The third kappa shape index (κ3) is 7.11. The fourth-order valence-electron chi connectivity index (χ4n) is 2.46. The molecule has 0 aromatic carbocycles. The Hall–Kier alpha value is -2.51. The maximum absolute atomic E-state index is 13.0. The molecule has 0 aliphatic heterocycles. The van der Waals surface area contributed by atoms with Crippen LogP contribution in [0.3, 0.4) is 0 Å². The summed E-state index contributed by atoms with van der Waals surface area (Å²) in [4.78, 5) is 20.6. The van der Waals surface area contributed by atoms with E-state index in [4.69, 9.17) is 25.9 Å². The molecule has 29 heavy (non-hydrogen) atoms. The summed E-state index contributed by atoms with van der Waals surface area (Å²) in [5.74, 6) is 0.485. The van der Waals surface area contributed by atoms with Gasteiger partial charge in [0.15, 0.2) is 0 Å². The topological polar surface area (TPSA) is 86.1 Å². The maximum Gasteiger partial charge on any atom is 0.387 e. The Morgan fingerprint density at radius 1 is 1.31 bits per heavy atom. The van der Waals surface area contributed by atoms with E-state index in [1.165, 1.54) is 12.3 Å². The molecular weight excluding hydrogens is 406 g/mol. The van der Waals surface area contributed by atoms with Gasteiger partial charge in [0.2, 0.25) is 0 Å². The maximum atomic E-state index is 13.0. The van der Waals surface area contributed by atoms with Crippen molar-refractivity contribution in [3.8, 4) is 17.0 Å². The first kappa shape index (κ1) is 24.5. The fraction of sp³-hybridized carbons (Fsp3) is 0.526. The van der Waals surface area contributed by atoms with Crippen molar-refractivity contribution >= 4 is 23.6 Å². The molecular formula is C19H25ClF2N4O3. The first-order valence-electron chi connectivity index (χ1n) is 9.01. The van der Waals surface area contributed by atoms with Gasteiger partial charge >= 0.3 is 12.8 Å². The van der Waals surface area contributed by atoms with Crippen molar-refractivity contribution in [3.63, 3.8) is 0 Å². The van der Waals surface area contributed by atoms with Crippen molar-refractivity contribution in [1.29, 1.82) is 0 Å². The van der Waals surface area contributed by atoms with Crippen LogP contribution in [-0.2, 0) is 22.6 Å². The summed E-state index contributed by atoms with van der Waals surface area (Å²) in [6.07, 6.45) is 2.39. The van der Waals surface area contributed by atoms with Gasteiger partial charge < -0.3 is 10.1 Å². The summed E-state index contributed by atoms with van der Waals surface area (Å²) in [6.45, 7) is 8.28. The highest BCUT2D eigenvalue weighted by Gasteiger charge is 2.22. The molecule has 0 aliphatic carbocycles. The summed E-state index contributed by atoms with van der Waals surface area (Å²) in [7, 11) is 0. The Balaban J connectivity index is 0.00000132. The SMILES string of the molecule is CCc1nn(CC)c(-c2cnc(NCC(C)(C)C)cc2OC(F)F)c1Cl.O=C=O. The lowest BCUT2D eigenvalue weighted by Crippen LogP contribution is -2.19. The average Bonchev–Trinajstić information content (AvgIpc) is 2.95. The number of aryl methyl sites for hydroxylation is 2. The van der Waals surface area contributed by atoms with E-state index < -0.39 is 6.61 Å². The van der Waals surface area contributed by atoms with Gasteiger partial charge in [-0.1, -0.05) is 39.3 Å². The molecule has 0 bridgehead atoms. The molecule has 0 radical (unpaired) electrons. The fourth-order valence-corrected chi connectivity index (χ4v) is 2.83. The molecule has 0 amide bonds. The number of carbonyl (C=O) groups excluding carboxylic acids is 2. The number of nitrogens with zero attached hydrogens (tertiary/aromatic N) is 3. The minimum Gasteiger partial charge on any atom is -0.434 e. The third-order valence-corrected chi connectivity index (χ3v) is 4.13. The number of halogens is 3. The van der Waals surface area contributed by atoms with Gasteiger partial charge in [-0.2, -0.15) is 23.5 Å². The van der Waals surface area contributed by atoms with Crippen LogP contribution in [0.15, 0.2) is 12.3 Å². The number of anilines is 1. The van der Waals surface area contributed by atoms with Crippen LogP contribution in [0.5, 0.6) is 5.75 Å². The number of ether oxygens (including phenoxy) is 1. The van der Waals surface area contributed by atoms with Gasteiger partial charge in [0, 0.05) is 25.4 Å². The molecule has 160 valence electrons. The summed E-state index contributed by atoms with van der Waals surface area (Å²) in [5, 5.41) is 8.01. The molecule has 0 spiro atoms. The smallest absolute Gasteiger partial charge is 0.387 e. The molecule has 0 atom stereocenters. The lowest BCUT2D eigenvalue weighted by atomic mass is 9.97. The van der Waals surface area contributed by atoms with E-state index in [2.05, 4.69) is 36.2 Å². The number of aromatic nitrogens is 3. The van der Waals surface area contributed by atoms with Crippen molar-refractivity contribution in [2.45, 2.75) is 54.2 Å². The van der Waals surface area contributed by atoms with E-state index in [1.807, 2.05) is 13.8 Å². The molecule has 7 nitrogen and oxygen atoms in total. The van der Waals surface area contributed by atoms with Gasteiger partial charge in [0.25, 0.3) is 0 Å². The van der Waals surface area contributed by atoms with E-state index >= 15 is 0 Å². The first-order valence-corrected chi connectivity index (χ1v) is 9.39. The van der Waals surface area contributed by atoms with Crippen LogP contribution < -0.4 is 10.1 Å². The van der Waals surface area contributed by atoms with Crippen LogP contribution in [0.2, 0.25) is 5.02 Å². The summed E-state index contributed by atoms with van der Waals surface area (Å²) >= 11 is 6.44.